The maximum absolute atomic E-state index is 11.1. The maximum Gasteiger partial charge on any atom is 0.222 e. The molecule has 1 atom stereocenters. The number of nitrogens with two attached hydrogens (primary N) is 1. The van der Waals surface area contributed by atoms with Crippen molar-refractivity contribution in [1.82, 2.24) is 5.32 Å². The van der Waals surface area contributed by atoms with Gasteiger partial charge in [-0.2, -0.15) is 0 Å². The normalized spacial score (nSPS) is 12.5. The summed E-state index contributed by atoms with van der Waals surface area (Å²) in [6.07, 6.45) is 0.110. The Hall–Kier alpha value is -0.650. The van der Waals surface area contributed by atoms with E-state index in [0.29, 0.717) is 26.1 Å². The second-order valence-corrected chi connectivity index (χ2v) is 2.64. The average molecular weight is 190 g/mol. The first-order valence-corrected chi connectivity index (χ1v) is 4.23. The van der Waals surface area contributed by atoms with Crippen LogP contribution < -0.4 is 11.1 Å². The van der Waals surface area contributed by atoms with E-state index in [1.54, 1.807) is 14.2 Å². The molecular weight excluding hydrogens is 172 g/mol. The quantitative estimate of drug-likeness (QED) is 0.511. The van der Waals surface area contributed by atoms with Crippen molar-refractivity contribution in [3.8, 4) is 0 Å². The third kappa shape index (κ3) is 6.51. The fourth-order valence-electron chi connectivity index (χ4n) is 0.834. The van der Waals surface area contributed by atoms with E-state index >= 15 is 0 Å². The van der Waals surface area contributed by atoms with E-state index in [0.717, 1.165) is 0 Å². The molecule has 0 aromatic carbocycles. The van der Waals surface area contributed by atoms with Crippen LogP contribution in [0.15, 0.2) is 0 Å². The van der Waals surface area contributed by atoms with E-state index in [-0.39, 0.29) is 12.0 Å². The van der Waals surface area contributed by atoms with Crippen LogP contribution >= 0.6 is 0 Å². The molecule has 1 amide bonds. The van der Waals surface area contributed by atoms with Crippen molar-refractivity contribution in [2.24, 2.45) is 5.73 Å². The smallest absolute Gasteiger partial charge is 0.222 e. The topological polar surface area (TPSA) is 73.6 Å². The van der Waals surface area contributed by atoms with Crippen LogP contribution in [0.3, 0.4) is 0 Å². The minimum atomic E-state index is -0.192. The van der Waals surface area contributed by atoms with Gasteiger partial charge in [-0.25, -0.2) is 0 Å². The van der Waals surface area contributed by atoms with Gasteiger partial charge in [0.1, 0.15) is 0 Å². The standard InChI is InChI=1S/C8H18N2O3/c1-12-4-3-10-8(11)5-7(6-9)13-2/h7H,3-6,9H2,1-2H3,(H,10,11). The third-order valence-corrected chi connectivity index (χ3v) is 1.64. The van der Waals surface area contributed by atoms with Crippen LogP contribution in [0.5, 0.6) is 0 Å². The summed E-state index contributed by atoms with van der Waals surface area (Å²) in [5, 5.41) is 2.68. The minimum absolute atomic E-state index is 0.0608. The molecule has 0 saturated carbocycles. The summed E-state index contributed by atoms with van der Waals surface area (Å²) in [5.41, 5.74) is 5.36. The molecule has 5 nitrogen and oxygen atoms in total. The van der Waals surface area contributed by atoms with E-state index in [2.05, 4.69) is 5.32 Å². The zero-order valence-electron chi connectivity index (χ0n) is 8.21. The Bertz CT molecular complexity index is 137. The highest BCUT2D eigenvalue weighted by molar-refractivity contribution is 5.76. The second-order valence-electron chi connectivity index (χ2n) is 2.64. The zero-order chi connectivity index (χ0) is 10.1. The number of rotatable bonds is 7. The SMILES string of the molecule is COCCNC(=O)CC(CN)OC. The molecule has 0 heterocycles. The molecule has 3 N–H and O–H groups in total. The Morgan fingerprint density at radius 2 is 2.23 bits per heavy atom. The minimum Gasteiger partial charge on any atom is -0.383 e. The van der Waals surface area contributed by atoms with Gasteiger partial charge in [0.15, 0.2) is 0 Å². The highest BCUT2D eigenvalue weighted by atomic mass is 16.5. The third-order valence-electron chi connectivity index (χ3n) is 1.64. The summed E-state index contributed by atoms with van der Waals surface area (Å²) in [6.45, 7) is 1.40. The molecule has 0 aliphatic carbocycles. The lowest BCUT2D eigenvalue weighted by atomic mass is 10.2. The Kier molecular flexibility index (Phi) is 7.57. The van der Waals surface area contributed by atoms with Gasteiger partial charge in [-0.15, -0.1) is 0 Å². The van der Waals surface area contributed by atoms with Crippen LogP contribution in [-0.4, -0.2) is 45.9 Å². The van der Waals surface area contributed by atoms with Crippen LogP contribution in [0.1, 0.15) is 6.42 Å². The van der Waals surface area contributed by atoms with Crippen molar-refractivity contribution in [1.29, 1.82) is 0 Å². The number of amides is 1. The molecule has 0 aromatic heterocycles. The van der Waals surface area contributed by atoms with Crippen molar-refractivity contribution in [2.45, 2.75) is 12.5 Å². The molecular formula is C8H18N2O3. The van der Waals surface area contributed by atoms with Crippen LogP contribution in [-0.2, 0) is 14.3 Å². The summed E-state index contributed by atoms with van der Waals surface area (Å²) in [5.74, 6) is -0.0608. The lowest BCUT2D eigenvalue weighted by Gasteiger charge is -2.12. The summed E-state index contributed by atoms with van der Waals surface area (Å²) >= 11 is 0. The number of carbonyl (C=O) groups excluding carboxylic acids is 1. The Labute approximate surface area is 78.6 Å². The fourth-order valence-corrected chi connectivity index (χ4v) is 0.834. The van der Waals surface area contributed by atoms with Gasteiger partial charge in [0, 0.05) is 27.3 Å². The van der Waals surface area contributed by atoms with Gasteiger partial charge >= 0.3 is 0 Å². The van der Waals surface area contributed by atoms with Gasteiger partial charge < -0.3 is 20.5 Å². The molecule has 0 saturated heterocycles. The van der Waals surface area contributed by atoms with Crippen LogP contribution in [0.25, 0.3) is 0 Å². The van der Waals surface area contributed by atoms with Gasteiger partial charge in [0.25, 0.3) is 0 Å². The molecule has 5 heteroatoms. The van der Waals surface area contributed by atoms with Crippen molar-refractivity contribution in [3.63, 3.8) is 0 Å². The molecule has 0 bridgehead atoms. The van der Waals surface area contributed by atoms with Crippen molar-refractivity contribution >= 4 is 5.91 Å². The van der Waals surface area contributed by atoms with Crippen LogP contribution in [0, 0.1) is 0 Å². The monoisotopic (exact) mass is 190 g/mol. The molecule has 0 fully saturated rings. The fraction of sp³-hybridized carbons (Fsp3) is 0.875. The van der Waals surface area contributed by atoms with E-state index in [4.69, 9.17) is 15.2 Å². The number of nitrogens with one attached hydrogen (secondary N) is 1. The molecule has 0 radical (unpaired) electrons. The Morgan fingerprint density at radius 3 is 2.69 bits per heavy atom. The highest BCUT2D eigenvalue weighted by Gasteiger charge is 2.10. The first-order valence-electron chi connectivity index (χ1n) is 4.23. The molecule has 0 rings (SSSR count). The second kappa shape index (κ2) is 7.97. The molecule has 78 valence electrons. The Balaban J connectivity index is 3.48. The summed E-state index contributed by atoms with van der Waals surface area (Å²) in [7, 11) is 3.13. The van der Waals surface area contributed by atoms with Crippen LogP contribution in [0.2, 0.25) is 0 Å². The summed E-state index contributed by atoms with van der Waals surface area (Å²) in [6, 6.07) is 0. The van der Waals surface area contributed by atoms with E-state index < -0.39 is 0 Å². The first kappa shape index (κ1) is 12.3. The number of methoxy groups -OCH3 is 2. The maximum atomic E-state index is 11.1. The van der Waals surface area contributed by atoms with Gasteiger partial charge in [-0.05, 0) is 0 Å². The van der Waals surface area contributed by atoms with E-state index in [1.807, 2.05) is 0 Å². The van der Waals surface area contributed by atoms with Crippen molar-refractivity contribution < 1.29 is 14.3 Å². The first-order chi connectivity index (χ1) is 6.24. The molecule has 0 aliphatic heterocycles. The number of hydrogen-bond acceptors (Lipinski definition) is 4. The van der Waals surface area contributed by atoms with E-state index in [9.17, 15) is 4.79 Å². The molecule has 0 aliphatic rings. The number of hydrogen-bond donors (Lipinski definition) is 2. The lowest BCUT2D eigenvalue weighted by Crippen LogP contribution is -2.33. The molecule has 0 spiro atoms. The summed E-state index contributed by atoms with van der Waals surface area (Å²) in [4.78, 5) is 11.1. The molecule has 13 heavy (non-hydrogen) atoms. The average Bonchev–Trinajstić information content (AvgIpc) is 2.14. The van der Waals surface area contributed by atoms with Gasteiger partial charge in [0.05, 0.1) is 19.1 Å². The number of carbonyl (C=O) groups is 1. The molecule has 0 aromatic rings. The largest absolute Gasteiger partial charge is 0.383 e. The van der Waals surface area contributed by atoms with Gasteiger partial charge in [0.2, 0.25) is 5.91 Å². The number of ether oxygens (including phenoxy) is 2. The predicted octanol–water partition coefficient (Wildman–Crippen LogP) is -0.887. The van der Waals surface area contributed by atoms with Gasteiger partial charge in [-0.1, -0.05) is 0 Å². The van der Waals surface area contributed by atoms with Gasteiger partial charge in [-0.3, -0.25) is 4.79 Å². The zero-order valence-corrected chi connectivity index (χ0v) is 8.21. The van der Waals surface area contributed by atoms with Crippen molar-refractivity contribution in [2.75, 3.05) is 33.9 Å². The lowest BCUT2D eigenvalue weighted by molar-refractivity contribution is -0.123. The predicted molar refractivity (Wildman–Crippen MR) is 49.4 cm³/mol. The Morgan fingerprint density at radius 1 is 1.54 bits per heavy atom. The van der Waals surface area contributed by atoms with Crippen molar-refractivity contribution in [3.05, 3.63) is 0 Å². The van der Waals surface area contributed by atoms with E-state index in [1.165, 1.54) is 0 Å². The molecule has 1 unspecified atom stereocenters. The highest BCUT2D eigenvalue weighted by Crippen LogP contribution is 1.93. The van der Waals surface area contributed by atoms with Crippen LogP contribution in [0.4, 0.5) is 0 Å². The summed E-state index contributed by atoms with van der Waals surface area (Å²) < 4.78 is 9.74.